The quantitative estimate of drug-likeness (QED) is 0.493. The molecule has 0 radical (unpaired) electrons. The lowest BCUT2D eigenvalue weighted by atomic mass is 10.1. The van der Waals surface area contributed by atoms with Gasteiger partial charge in [-0.2, -0.15) is 0 Å². The van der Waals surface area contributed by atoms with E-state index >= 15 is 0 Å². The first-order valence-corrected chi connectivity index (χ1v) is 5.20. The highest BCUT2D eigenvalue weighted by Crippen LogP contribution is 2.28. The fraction of sp³-hybridized carbons (Fsp3) is 1.00. The number of rotatable bonds is 5. The smallest absolute Gasteiger partial charge is 0.168 e. The van der Waals surface area contributed by atoms with Gasteiger partial charge in [0.2, 0.25) is 0 Å². The third-order valence-electron chi connectivity index (χ3n) is 2.29. The van der Waals surface area contributed by atoms with Gasteiger partial charge in [0.25, 0.3) is 0 Å². The van der Waals surface area contributed by atoms with Gasteiger partial charge in [-0.1, -0.05) is 6.92 Å². The summed E-state index contributed by atoms with van der Waals surface area (Å²) in [4.78, 5) is 0. The molecular formula is C9H17ClO2. The van der Waals surface area contributed by atoms with E-state index in [0.29, 0.717) is 0 Å². The molecule has 0 saturated carbocycles. The summed E-state index contributed by atoms with van der Waals surface area (Å²) in [5, 5.41) is 0. The Morgan fingerprint density at radius 2 is 1.92 bits per heavy atom. The van der Waals surface area contributed by atoms with Crippen molar-refractivity contribution in [3.63, 3.8) is 0 Å². The fourth-order valence-electron chi connectivity index (χ4n) is 1.51. The second kappa shape index (κ2) is 5.05. The summed E-state index contributed by atoms with van der Waals surface area (Å²) < 4.78 is 11.1. The molecule has 3 heteroatoms. The van der Waals surface area contributed by atoms with E-state index in [9.17, 15) is 0 Å². The van der Waals surface area contributed by atoms with Crippen LogP contribution in [0.3, 0.4) is 0 Å². The molecular weight excluding hydrogens is 176 g/mol. The van der Waals surface area contributed by atoms with Gasteiger partial charge in [0.15, 0.2) is 5.79 Å². The molecule has 0 aromatic carbocycles. The summed E-state index contributed by atoms with van der Waals surface area (Å²) in [6.07, 6.45) is 4.07. The van der Waals surface area contributed by atoms with E-state index in [0.717, 1.165) is 44.8 Å². The van der Waals surface area contributed by atoms with Gasteiger partial charge in [-0.15, -0.1) is 11.6 Å². The highest BCUT2D eigenvalue weighted by molar-refractivity contribution is 6.17. The van der Waals surface area contributed by atoms with Gasteiger partial charge in [0.1, 0.15) is 0 Å². The summed E-state index contributed by atoms with van der Waals surface area (Å²) in [5.41, 5.74) is 0. The van der Waals surface area contributed by atoms with Crippen molar-refractivity contribution in [3.05, 3.63) is 0 Å². The van der Waals surface area contributed by atoms with E-state index in [2.05, 4.69) is 6.92 Å². The van der Waals surface area contributed by atoms with E-state index in [4.69, 9.17) is 21.1 Å². The van der Waals surface area contributed by atoms with Crippen molar-refractivity contribution in [1.29, 1.82) is 0 Å². The molecule has 12 heavy (non-hydrogen) atoms. The first-order valence-electron chi connectivity index (χ1n) is 4.67. The van der Waals surface area contributed by atoms with E-state index in [1.165, 1.54) is 0 Å². The standard InChI is InChI=1S/C9H17ClO2/c1-2-9(5-3-4-6-10)11-7-8-12-9/h2-8H2,1H3. The summed E-state index contributed by atoms with van der Waals surface area (Å²) in [5.74, 6) is 0.464. The normalized spacial score (nSPS) is 21.5. The minimum absolute atomic E-state index is 0.272. The van der Waals surface area contributed by atoms with Crippen LogP contribution in [-0.2, 0) is 9.47 Å². The second-order valence-electron chi connectivity index (χ2n) is 3.11. The maximum Gasteiger partial charge on any atom is 0.168 e. The van der Waals surface area contributed by atoms with Crippen molar-refractivity contribution in [1.82, 2.24) is 0 Å². The van der Waals surface area contributed by atoms with Crippen LogP contribution in [0.4, 0.5) is 0 Å². The molecule has 0 aromatic rings. The van der Waals surface area contributed by atoms with Crippen LogP contribution in [0, 0.1) is 0 Å². The lowest BCUT2D eigenvalue weighted by molar-refractivity contribution is -0.164. The molecule has 0 aromatic heterocycles. The van der Waals surface area contributed by atoms with E-state index < -0.39 is 0 Å². The Kier molecular flexibility index (Phi) is 4.33. The number of halogens is 1. The van der Waals surface area contributed by atoms with Crippen molar-refractivity contribution in [2.75, 3.05) is 19.1 Å². The lowest BCUT2D eigenvalue weighted by Crippen LogP contribution is -2.28. The molecule has 1 rings (SSSR count). The molecule has 0 amide bonds. The number of alkyl halides is 1. The Morgan fingerprint density at radius 3 is 2.42 bits per heavy atom. The first kappa shape index (κ1) is 10.3. The highest BCUT2D eigenvalue weighted by Gasteiger charge is 2.33. The van der Waals surface area contributed by atoms with Crippen molar-refractivity contribution in [2.45, 2.75) is 38.4 Å². The molecule has 0 spiro atoms. The lowest BCUT2D eigenvalue weighted by Gasteiger charge is -2.25. The van der Waals surface area contributed by atoms with E-state index in [1.807, 2.05) is 0 Å². The van der Waals surface area contributed by atoms with Crippen LogP contribution < -0.4 is 0 Å². The molecule has 1 aliphatic heterocycles. The SMILES string of the molecule is CCC1(CCCCCl)OCCO1. The summed E-state index contributed by atoms with van der Waals surface area (Å²) in [7, 11) is 0. The summed E-state index contributed by atoms with van der Waals surface area (Å²) >= 11 is 5.59. The number of ether oxygens (including phenoxy) is 2. The molecule has 0 atom stereocenters. The zero-order valence-corrected chi connectivity index (χ0v) is 8.40. The van der Waals surface area contributed by atoms with Gasteiger partial charge in [-0.05, 0) is 19.3 Å². The Hall–Kier alpha value is 0.210. The first-order chi connectivity index (χ1) is 5.83. The fourth-order valence-corrected chi connectivity index (χ4v) is 1.70. The van der Waals surface area contributed by atoms with E-state index in [1.54, 1.807) is 0 Å². The van der Waals surface area contributed by atoms with Crippen molar-refractivity contribution < 1.29 is 9.47 Å². The number of hydrogen-bond donors (Lipinski definition) is 0. The van der Waals surface area contributed by atoms with Crippen molar-refractivity contribution >= 4 is 11.6 Å². The molecule has 0 bridgehead atoms. The van der Waals surface area contributed by atoms with Crippen LogP contribution in [0.15, 0.2) is 0 Å². The van der Waals surface area contributed by atoms with Gasteiger partial charge in [0, 0.05) is 12.3 Å². The van der Waals surface area contributed by atoms with Crippen molar-refractivity contribution in [2.24, 2.45) is 0 Å². The maximum atomic E-state index is 5.59. The van der Waals surface area contributed by atoms with Gasteiger partial charge < -0.3 is 9.47 Å². The van der Waals surface area contributed by atoms with Crippen LogP contribution in [-0.4, -0.2) is 24.9 Å². The average molecular weight is 193 g/mol. The van der Waals surface area contributed by atoms with Crippen LogP contribution in [0.5, 0.6) is 0 Å². The third-order valence-corrected chi connectivity index (χ3v) is 2.56. The number of hydrogen-bond acceptors (Lipinski definition) is 2. The molecule has 0 N–H and O–H groups in total. The number of unbranched alkanes of at least 4 members (excludes halogenated alkanes) is 1. The third kappa shape index (κ3) is 2.61. The van der Waals surface area contributed by atoms with Crippen LogP contribution in [0.25, 0.3) is 0 Å². The van der Waals surface area contributed by atoms with Gasteiger partial charge in [-0.3, -0.25) is 0 Å². The Labute approximate surface area is 79.2 Å². The molecule has 1 heterocycles. The molecule has 0 aliphatic carbocycles. The zero-order chi connectivity index (χ0) is 8.86. The Morgan fingerprint density at radius 1 is 1.25 bits per heavy atom. The minimum atomic E-state index is -0.272. The van der Waals surface area contributed by atoms with Crippen molar-refractivity contribution in [3.8, 4) is 0 Å². The van der Waals surface area contributed by atoms with E-state index in [-0.39, 0.29) is 5.79 Å². The predicted molar refractivity (Wildman–Crippen MR) is 49.5 cm³/mol. The van der Waals surface area contributed by atoms with Gasteiger partial charge in [-0.25, -0.2) is 0 Å². The minimum Gasteiger partial charge on any atom is -0.348 e. The topological polar surface area (TPSA) is 18.5 Å². The summed E-state index contributed by atoms with van der Waals surface area (Å²) in [6, 6.07) is 0. The second-order valence-corrected chi connectivity index (χ2v) is 3.49. The predicted octanol–water partition coefficient (Wildman–Crippen LogP) is 2.55. The zero-order valence-electron chi connectivity index (χ0n) is 7.64. The van der Waals surface area contributed by atoms with Crippen LogP contribution >= 0.6 is 11.6 Å². The Bertz CT molecular complexity index is 122. The summed E-state index contributed by atoms with van der Waals surface area (Å²) in [6.45, 7) is 3.59. The Balaban J connectivity index is 2.24. The van der Waals surface area contributed by atoms with Crippen LogP contribution in [0.2, 0.25) is 0 Å². The monoisotopic (exact) mass is 192 g/mol. The van der Waals surface area contributed by atoms with Gasteiger partial charge in [0.05, 0.1) is 13.2 Å². The molecule has 1 aliphatic rings. The molecule has 0 unspecified atom stereocenters. The molecule has 1 saturated heterocycles. The van der Waals surface area contributed by atoms with Gasteiger partial charge >= 0.3 is 0 Å². The average Bonchev–Trinajstić information content (AvgIpc) is 2.55. The maximum absolute atomic E-state index is 5.59. The molecule has 72 valence electrons. The molecule has 1 fully saturated rings. The highest BCUT2D eigenvalue weighted by atomic mass is 35.5. The van der Waals surface area contributed by atoms with Crippen LogP contribution in [0.1, 0.15) is 32.6 Å². The molecule has 2 nitrogen and oxygen atoms in total. The largest absolute Gasteiger partial charge is 0.348 e.